The number of hydrogen-bond donors (Lipinski definition) is 1. The fourth-order valence-electron chi connectivity index (χ4n) is 2.95. The van der Waals surface area contributed by atoms with E-state index in [0.717, 1.165) is 24.3 Å². The van der Waals surface area contributed by atoms with E-state index in [1.807, 2.05) is 42.5 Å². The molecule has 0 saturated heterocycles. The van der Waals surface area contributed by atoms with Gasteiger partial charge in [-0.1, -0.05) is 42.5 Å². The van der Waals surface area contributed by atoms with Crippen LogP contribution in [0.15, 0.2) is 66.7 Å². The second-order valence-electron chi connectivity index (χ2n) is 6.40. The van der Waals surface area contributed by atoms with Crippen molar-refractivity contribution in [1.29, 1.82) is 0 Å². The number of rotatable bonds is 9. The lowest BCUT2D eigenvalue weighted by molar-refractivity contribution is -0.118. The number of amides is 1. The number of para-hydroxylation sites is 1. The Labute approximate surface area is 160 Å². The van der Waals surface area contributed by atoms with Gasteiger partial charge >= 0.3 is 0 Å². The molecule has 0 aliphatic carbocycles. The van der Waals surface area contributed by atoms with Crippen LogP contribution in [0.2, 0.25) is 0 Å². The van der Waals surface area contributed by atoms with Crippen molar-refractivity contribution in [2.24, 2.45) is 0 Å². The van der Waals surface area contributed by atoms with Gasteiger partial charge in [0.25, 0.3) is 0 Å². The van der Waals surface area contributed by atoms with Crippen molar-refractivity contribution in [3.63, 3.8) is 0 Å². The first kappa shape index (κ1) is 18.8. The lowest BCUT2D eigenvalue weighted by atomic mass is 10.0. The maximum absolute atomic E-state index is 11.1. The lowest BCUT2D eigenvalue weighted by Gasteiger charge is -2.11. The summed E-state index contributed by atoms with van der Waals surface area (Å²) < 4.78 is 11.6. The second kappa shape index (κ2) is 9.62. The Morgan fingerprint density at radius 3 is 2.44 bits per heavy atom. The van der Waals surface area contributed by atoms with E-state index < -0.39 is 0 Å². The minimum Gasteiger partial charge on any atom is -0.493 e. The van der Waals surface area contributed by atoms with Gasteiger partial charge in [0.2, 0.25) is 5.91 Å². The van der Waals surface area contributed by atoms with Gasteiger partial charge in [-0.2, -0.15) is 0 Å². The molecule has 4 heteroatoms. The van der Waals surface area contributed by atoms with E-state index in [1.165, 1.54) is 23.3 Å². The molecule has 140 valence electrons. The van der Waals surface area contributed by atoms with E-state index in [1.54, 1.807) is 0 Å². The zero-order valence-corrected chi connectivity index (χ0v) is 15.6. The van der Waals surface area contributed by atoms with Crippen LogP contribution < -0.4 is 14.8 Å². The molecule has 0 aromatic heterocycles. The molecule has 0 unspecified atom stereocenters. The van der Waals surface area contributed by atoms with Crippen LogP contribution in [0.1, 0.15) is 18.9 Å². The van der Waals surface area contributed by atoms with E-state index in [9.17, 15) is 4.79 Å². The molecule has 0 bridgehead atoms. The minimum atomic E-state index is -0.00280. The largest absolute Gasteiger partial charge is 0.493 e. The second-order valence-corrected chi connectivity index (χ2v) is 6.40. The molecular formula is C23H25NO3. The highest BCUT2D eigenvalue weighted by Crippen LogP contribution is 2.24. The van der Waals surface area contributed by atoms with E-state index in [-0.39, 0.29) is 5.91 Å². The summed E-state index contributed by atoms with van der Waals surface area (Å²) in [6.07, 6.45) is 1.61. The van der Waals surface area contributed by atoms with Gasteiger partial charge in [-0.25, -0.2) is 0 Å². The smallest absolute Gasteiger partial charge is 0.216 e. The van der Waals surface area contributed by atoms with Crippen molar-refractivity contribution in [2.75, 3.05) is 19.8 Å². The summed E-state index contributed by atoms with van der Waals surface area (Å²) in [6, 6.07) is 22.2. The van der Waals surface area contributed by atoms with Gasteiger partial charge in [0.05, 0.1) is 13.2 Å². The maximum atomic E-state index is 11.1. The van der Waals surface area contributed by atoms with E-state index in [4.69, 9.17) is 9.47 Å². The monoisotopic (exact) mass is 363 g/mol. The predicted molar refractivity (Wildman–Crippen MR) is 108 cm³/mol. The molecule has 3 aromatic rings. The summed E-state index contributed by atoms with van der Waals surface area (Å²) in [5.74, 6) is 1.73. The van der Waals surface area contributed by atoms with Crippen LogP contribution in [0.5, 0.6) is 11.5 Å². The highest BCUT2D eigenvalue weighted by molar-refractivity contribution is 5.87. The SMILES string of the molecule is CC(=O)NCCc1cccc2ccc(OCCCOc3ccccc3)cc12. The van der Waals surface area contributed by atoms with Crippen molar-refractivity contribution in [3.8, 4) is 11.5 Å². The van der Waals surface area contributed by atoms with E-state index in [2.05, 4.69) is 29.6 Å². The molecule has 1 amide bonds. The van der Waals surface area contributed by atoms with Gasteiger partial charge in [0.15, 0.2) is 0 Å². The van der Waals surface area contributed by atoms with Crippen molar-refractivity contribution in [1.82, 2.24) is 5.32 Å². The van der Waals surface area contributed by atoms with Crippen molar-refractivity contribution >= 4 is 16.7 Å². The van der Waals surface area contributed by atoms with Gasteiger partial charge in [0.1, 0.15) is 11.5 Å². The number of nitrogens with one attached hydrogen (secondary N) is 1. The predicted octanol–water partition coefficient (Wildman–Crippen LogP) is 4.37. The molecule has 0 aliphatic heterocycles. The third-order valence-corrected chi connectivity index (χ3v) is 4.28. The molecule has 0 spiro atoms. The Morgan fingerprint density at radius 2 is 1.67 bits per heavy atom. The summed E-state index contributed by atoms with van der Waals surface area (Å²) in [5.41, 5.74) is 1.21. The highest BCUT2D eigenvalue weighted by Gasteiger charge is 2.04. The van der Waals surface area contributed by atoms with Crippen LogP contribution in [0, 0.1) is 0 Å². The number of benzene rings is 3. The summed E-state index contributed by atoms with van der Waals surface area (Å²) in [7, 11) is 0. The van der Waals surface area contributed by atoms with Crippen LogP contribution in [-0.4, -0.2) is 25.7 Å². The molecule has 0 heterocycles. The average Bonchev–Trinajstić information content (AvgIpc) is 2.68. The van der Waals surface area contributed by atoms with Crippen LogP contribution in [0.25, 0.3) is 10.8 Å². The third kappa shape index (κ3) is 5.74. The van der Waals surface area contributed by atoms with Gasteiger partial charge < -0.3 is 14.8 Å². The Hall–Kier alpha value is -3.01. The average molecular weight is 363 g/mol. The van der Waals surface area contributed by atoms with Gasteiger partial charge in [-0.05, 0) is 47.0 Å². The first-order chi connectivity index (χ1) is 13.2. The maximum Gasteiger partial charge on any atom is 0.216 e. The minimum absolute atomic E-state index is 0.00280. The molecule has 0 atom stereocenters. The van der Waals surface area contributed by atoms with Crippen LogP contribution in [-0.2, 0) is 11.2 Å². The number of ether oxygens (including phenoxy) is 2. The first-order valence-electron chi connectivity index (χ1n) is 9.29. The molecular weight excluding hydrogens is 338 g/mol. The summed E-state index contributed by atoms with van der Waals surface area (Å²) in [4.78, 5) is 11.1. The summed E-state index contributed by atoms with van der Waals surface area (Å²) >= 11 is 0. The standard InChI is InChI=1S/C23H25NO3/c1-18(25)24-14-13-20-8-5-7-19-11-12-22(17-23(19)20)27-16-6-15-26-21-9-3-2-4-10-21/h2-5,7-12,17H,6,13-16H2,1H3,(H,24,25). The molecule has 0 aliphatic rings. The zero-order chi connectivity index (χ0) is 18.9. The fraction of sp³-hybridized carbons (Fsp3) is 0.261. The molecule has 0 radical (unpaired) electrons. The van der Waals surface area contributed by atoms with Gasteiger partial charge in [-0.15, -0.1) is 0 Å². The molecule has 3 rings (SSSR count). The molecule has 0 fully saturated rings. The molecule has 27 heavy (non-hydrogen) atoms. The Morgan fingerprint density at radius 1 is 0.889 bits per heavy atom. The fourth-order valence-corrected chi connectivity index (χ4v) is 2.95. The Balaban J connectivity index is 1.54. The zero-order valence-electron chi connectivity index (χ0n) is 15.6. The normalized spacial score (nSPS) is 10.6. The van der Waals surface area contributed by atoms with Crippen molar-refractivity contribution in [3.05, 3.63) is 72.3 Å². The molecule has 4 nitrogen and oxygen atoms in total. The molecule has 1 N–H and O–H groups in total. The van der Waals surface area contributed by atoms with Crippen LogP contribution in [0.3, 0.4) is 0 Å². The summed E-state index contributed by atoms with van der Waals surface area (Å²) in [6.45, 7) is 3.40. The quantitative estimate of drug-likeness (QED) is 0.575. The van der Waals surface area contributed by atoms with E-state index in [0.29, 0.717) is 19.8 Å². The van der Waals surface area contributed by atoms with Crippen LogP contribution >= 0.6 is 0 Å². The van der Waals surface area contributed by atoms with E-state index >= 15 is 0 Å². The van der Waals surface area contributed by atoms with Gasteiger partial charge in [-0.3, -0.25) is 4.79 Å². The number of carbonyl (C=O) groups is 1. The van der Waals surface area contributed by atoms with Crippen molar-refractivity contribution in [2.45, 2.75) is 19.8 Å². The van der Waals surface area contributed by atoms with Crippen LogP contribution in [0.4, 0.5) is 0 Å². The summed E-state index contributed by atoms with van der Waals surface area (Å²) in [5, 5.41) is 5.19. The number of hydrogen-bond acceptors (Lipinski definition) is 3. The van der Waals surface area contributed by atoms with Gasteiger partial charge in [0, 0.05) is 19.9 Å². The lowest BCUT2D eigenvalue weighted by Crippen LogP contribution is -2.22. The molecule has 3 aromatic carbocycles. The Kier molecular flexibility index (Phi) is 6.69. The van der Waals surface area contributed by atoms with Crippen molar-refractivity contribution < 1.29 is 14.3 Å². The third-order valence-electron chi connectivity index (χ3n) is 4.28. The number of fused-ring (bicyclic) bond motifs is 1. The first-order valence-corrected chi connectivity index (χ1v) is 9.29. The Bertz CT molecular complexity index is 877. The highest BCUT2D eigenvalue weighted by atomic mass is 16.5. The topological polar surface area (TPSA) is 47.6 Å². The molecule has 0 saturated carbocycles. The number of carbonyl (C=O) groups excluding carboxylic acids is 1.